The van der Waals surface area contributed by atoms with Crippen LogP contribution in [0.5, 0.6) is 0 Å². The molecule has 0 amide bonds. The van der Waals surface area contributed by atoms with Crippen molar-refractivity contribution in [3.8, 4) is 11.4 Å². The first-order valence-corrected chi connectivity index (χ1v) is 8.77. The average Bonchev–Trinajstić information content (AvgIpc) is 2.75. The molecule has 3 heterocycles. The predicted molar refractivity (Wildman–Crippen MR) is 102 cm³/mol. The highest BCUT2D eigenvalue weighted by Gasteiger charge is 2.22. The second kappa shape index (κ2) is 7.51. The number of rotatable bonds is 4. The Morgan fingerprint density at radius 2 is 1.89 bits per heavy atom. The molecule has 0 saturated carbocycles. The van der Waals surface area contributed by atoms with Crippen LogP contribution in [0.2, 0.25) is 0 Å². The normalized spacial score (nSPS) is 16.9. The molecule has 3 aromatic rings. The summed E-state index contributed by atoms with van der Waals surface area (Å²) in [6.07, 6.45) is 3.17. The van der Waals surface area contributed by atoms with E-state index in [0.29, 0.717) is 17.3 Å². The molecule has 0 aliphatic carbocycles. The predicted octanol–water partition coefficient (Wildman–Crippen LogP) is 2.39. The average molecular weight is 361 g/mol. The lowest BCUT2D eigenvalue weighted by atomic mass is 10.0. The summed E-state index contributed by atoms with van der Waals surface area (Å²) in [6, 6.07) is 15.2. The van der Waals surface area contributed by atoms with Gasteiger partial charge in [-0.2, -0.15) is 0 Å². The molecule has 136 valence electrons. The highest BCUT2D eigenvalue weighted by molar-refractivity contribution is 5.88. The van der Waals surface area contributed by atoms with Gasteiger partial charge in [-0.15, -0.1) is 0 Å². The van der Waals surface area contributed by atoms with E-state index in [4.69, 9.17) is 0 Å². The summed E-state index contributed by atoms with van der Waals surface area (Å²) in [7, 11) is 0. The largest absolute Gasteiger partial charge is 0.478 e. The minimum Gasteiger partial charge on any atom is -0.478 e. The summed E-state index contributed by atoms with van der Waals surface area (Å²) in [5.41, 5.74) is 2.55. The first kappa shape index (κ1) is 17.1. The maximum Gasteiger partial charge on any atom is 0.335 e. The third kappa shape index (κ3) is 3.78. The Bertz CT molecular complexity index is 948. The van der Waals surface area contributed by atoms with E-state index in [1.165, 1.54) is 23.9 Å². The number of nitrogens with zero attached hydrogens (tertiary/aromatic N) is 4. The van der Waals surface area contributed by atoms with Gasteiger partial charge in [-0.25, -0.2) is 14.8 Å². The summed E-state index contributed by atoms with van der Waals surface area (Å²) in [5.74, 6) is -0.363. The van der Waals surface area contributed by atoms with Crippen molar-refractivity contribution in [2.45, 2.75) is 6.04 Å². The van der Waals surface area contributed by atoms with Crippen LogP contribution in [0.15, 0.2) is 60.9 Å². The molecule has 1 aliphatic heterocycles. The lowest BCUT2D eigenvalue weighted by molar-refractivity contribution is 0.0697. The van der Waals surface area contributed by atoms with E-state index in [0.717, 1.165) is 19.6 Å². The fraction of sp³-hybridized carbons (Fsp3) is 0.200. The van der Waals surface area contributed by atoms with E-state index in [1.807, 2.05) is 18.2 Å². The molecule has 1 saturated heterocycles. The lowest BCUT2D eigenvalue weighted by Crippen LogP contribution is -2.46. The van der Waals surface area contributed by atoms with E-state index in [2.05, 4.69) is 37.3 Å². The summed E-state index contributed by atoms with van der Waals surface area (Å²) >= 11 is 0. The number of aromatic nitrogens is 3. The van der Waals surface area contributed by atoms with Crippen molar-refractivity contribution in [1.82, 2.24) is 20.3 Å². The Kier molecular flexibility index (Phi) is 4.76. The van der Waals surface area contributed by atoms with Crippen molar-refractivity contribution >= 4 is 11.9 Å². The van der Waals surface area contributed by atoms with Crippen LogP contribution in [0.3, 0.4) is 0 Å². The molecule has 1 aromatic carbocycles. The standard InChI is InChI=1S/C20H19N5O2/c26-19(27)15-6-8-21-17(12-15)16-7-9-23-20(24-16)25-11-10-22-18(13-25)14-4-2-1-3-5-14/h1-9,12,18,22H,10-11,13H2,(H,26,27). The number of benzene rings is 1. The van der Waals surface area contributed by atoms with Gasteiger partial charge in [-0.3, -0.25) is 4.98 Å². The number of carbonyl (C=O) groups is 1. The number of nitrogens with one attached hydrogen (secondary N) is 1. The van der Waals surface area contributed by atoms with Gasteiger partial charge in [0.2, 0.25) is 5.95 Å². The van der Waals surface area contributed by atoms with E-state index in [-0.39, 0.29) is 11.6 Å². The smallest absolute Gasteiger partial charge is 0.335 e. The highest BCUT2D eigenvalue weighted by Crippen LogP contribution is 2.22. The SMILES string of the molecule is O=C(O)c1ccnc(-c2ccnc(N3CCNC(c4ccccc4)C3)n2)c1. The topological polar surface area (TPSA) is 91.2 Å². The first-order valence-electron chi connectivity index (χ1n) is 8.77. The molecule has 0 bridgehead atoms. The Labute approximate surface area is 156 Å². The van der Waals surface area contributed by atoms with Crippen molar-refractivity contribution in [2.75, 3.05) is 24.5 Å². The highest BCUT2D eigenvalue weighted by atomic mass is 16.4. The summed E-state index contributed by atoms with van der Waals surface area (Å²) in [4.78, 5) is 26.6. The molecule has 0 radical (unpaired) electrons. The Balaban J connectivity index is 1.59. The maximum absolute atomic E-state index is 11.2. The van der Waals surface area contributed by atoms with Gasteiger partial charge in [-0.1, -0.05) is 30.3 Å². The number of pyridine rings is 1. The van der Waals surface area contributed by atoms with Crippen LogP contribution in [-0.2, 0) is 0 Å². The summed E-state index contributed by atoms with van der Waals surface area (Å²) in [6.45, 7) is 2.39. The number of hydrogen-bond donors (Lipinski definition) is 2. The monoisotopic (exact) mass is 361 g/mol. The molecule has 1 fully saturated rings. The molecule has 27 heavy (non-hydrogen) atoms. The molecular weight excluding hydrogens is 342 g/mol. The lowest BCUT2D eigenvalue weighted by Gasteiger charge is -2.34. The zero-order valence-corrected chi connectivity index (χ0v) is 14.6. The van der Waals surface area contributed by atoms with Gasteiger partial charge in [0.05, 0.1) is 17.0 Å². The number of piperazine rings is 1. The minimum atomic E-state index is -0.985. The number of anilines is 1. The molecular formula is C20H19N5O2. The molecule has 7 nitrogen and oxygen atoms in total. The van der Waals surface area contributed by atoms with E-state index < -0.39 is 5.97 Å². The number of aromatic carboxylic acids is 1. The summed E-state index contributed by atoms with van der Waals surface area (Å²) in [5, 5.41) is 12.7. The molecule has 1 aliphatic rings. The van der Waals surface area contributed by atoms with Crippen LogP contribution < -0.4 is 10.2 Å². The van der Waals surface area contributed by atoms with E-state index in [9.17, 15) is 9.90 Å². The van der Waals surface area contributed by atoms with Gasteiger partial charge < -0.3 is 15.3 Å². The summed E-state index contributed by atoms with van der Waals surface area (Å²) < 4.78 is 0. The van der Waals surface area contributed by atoms with E-state index >= 15 is 0 Å². The first-order chi connectivity index (χ1) is 13.2. The Hall–Kier alpha value is -3.32. The van der Waals surface area contributed by atoms with Crippen LogP contribution >= 0.6 is 0 Å². The van der Waals surface area contributed by atoms with Gasteiger partial charge in [-0.05, 0) is 23.8 Å². The zero-order valence-electron chi connectivity index (χ0n) is 14.6. The van der Waals surface area contributed by atoms with Crippen molar-refractivity contribution < 1.29 is 9.90 Å². The van der Waals surface area contributed by atoms with Crippen LogP contribution in [-0.4, -0.2) is 45.7 Å². The number of hydrogen-bond acceptors (Lipinski definition) is 6. The molecule has 0 spiro atoms. The van der Waals surface area contributed by atoms with Gasteiger partial charge in [0.25, 0.3) is 0 Å². The minimum absolute atomic E-state index is 0.187. The van der Waals surface area contributed by atoms with Crippen LogP contribution in [0.4, 0.5) is 5.95 Å². The van der Waals surface area contributed by atoms with Crippen LogP contribution in [0.25, 0.3) is 11.4 Å². The Morgan fingerprint density at radius 3 is 2.70 bits per heavy atom. The van der Waals surface area contributed by atoms with Crippen LogP contribution in [0.1, 0.15) is 22.0 Å². The van der Waals surface area contributed by atoms with Gasteiger partial charge in [0, 0.05) is 38.1 Å². The molecule has 1 atom stereocenters. The van der Waals surface area contributed by atoms with Gasteiger partial charge >= 0.3 is 5.97 Å². The van der Waals surface area contributed by atoms with Crippen molar-refractivity contribution in [3.05, 3.63) is 72.1 Å². The Morgan fingerprint density at radius 1 is 1.07 bits per heavy atom. The third-order valence-corrected chi connectivity index (χ3v) is 4.57. The van der Waals surface area contributed by atoms with Crippen molar-refractivity contribution in [1.29, 1.82) is 0 Å². The number of carboxylic acids is 1. The molecule has 4 rings (SSSR count). The van der Waals surface area contributed by atoms with Crippen LogP contribution in [0, 0.1) is 0 Å². The van der Waals surface area contributed by atoms with E-state index in [1.54, 1.807) is 12.3 Å². The van der Waals surface area contributed by atoms with Gasteiger partial charge in [0.15, 0.2) is 0 Å². The van der Waals surface area contributed by atoms with Crippen molar-refractivity contribution in [3.63, 3.8) is 0 Å². The molecule has 2 aromatic heterocycles. The fourth-order valence-corrected chi connectivity index (χ4v) is 3.19. The second-order valence-corrected chi connectivity index (χ2v) is 6.34. The second-order valence-electron chi connectivity index (χ2n) is 6.34. The maximum atomic E-state index is 11.2. The molecule has 2 N–H and O–H groups in total. The number of carboxylic acid groups (broad SMARTS) is 1. The fourth-order valence-electron chi connectivity index (χ4n) is 3.19. The molecule has 1 unspecified atom stereocenters. The molecule has 7 heteroatoms. The van der Waals surface area contributed by atoms with Crippen molar-refractivity contribution in [2.24, 2.45) is 0 Å². The van der Waals surface area contributed by atoms with Gasteiger partial charge in [0.1, 0.15) is 0 Å². The quantitative estimate of drug-likeness (QED) is 0.737. The third-order valence-electron chi connectivity index (χ3n) is 4.57. The zero-order chi connectivity index (χ0) is 18.6.